The summed E-state index contributed by atoms with van der Waals surface area (Å²) in [4.78, 5) is 4.24. The Balaban J connectivity index is 2.15. The molecule has 5 heteroatoms. The zero-order valence-electron chi connectivity index (χ0n) is 8.90. The predicted molar refractivity (Wildman–Crippen MR) is 66.2 cm³/mol. The van der Waals surface area contributed by atoms with Crippen LogP contribution in [0.25, 0.3) is 11.4 Å². The van der Waals surface area contributed by atoms with Gasteiger partial charge in [-0.15, -0.1) is 0 Å². The largest absolute Gasteiger partial charge is 0.338 e. The number of anilines is 1. The van der Waals surface area contributed by atoms with E-state index in [1.807, 2.05) is 24.3 Å². The average Bonchev–Trinajstić information content (AvgIpc) is 2.76. The highest BCUT2D eigenvalue weighted by molar-refractivity contribution is 9.10. The van der Waals surface area contributed by atoms with Crippen LogP contribution in [-0.2, 0) is 0 Å². The monoisotopic (exact) mass is 281 g/mol. The van der Waals surface area contributed by atoms with Gasteiger partial charge < -0.3 is 9.84 Å². The van der Waals surface area contributed by atoms with E-state index in [0.717, 1.165) is 23.0 Å². The molecule has 4 nitrogen and oxygen atoms in total. The summed E-state index contributed by atoms with van der Waals surface area (Å²) in [5.41, 5.74) is 0.941. The third-order valence-corrected chi connectivity index (χ3v) is 2.58. The van der Waals surface area contributed by atoms with Crippen LogP contribution < -0.4 is 5.32 Å². The maximum Gasteiger partial charge on any atom is 0.321 e. The number of hydrogen-bond acceptors (Lipinski definition) is 4. The SMILES string of the molecule is CCCNc1nc(-c2ccc(Br)cc2)no1. The fourth-order valence-corrected chi connectivity index (χ4v) is 1.51. The summed E-state index contributed by atoms with van der Waals surface area (Å²) in [5, 5.41) is 6.95. The molecule has 0 unspecified atom stereocenters. The highest BCUT2D eigenvalue weighted by Gasteiger charge is 2.07. The molecule has 0 saturated carbocycles. The Hall–Kier alpha value is -1.36. The molecule has 0 fully saturated rings. The molecular formula is C11H12BrN3O. The molecule has 0 aliphatic heterocycles. The Morgan fingerprint density at radius 2 is 2.06 bits per heavy atom. The molecule has 0 bridgehead atoms. The Morgan fingerprint density at radius 3 is 2.75 bits per heavy atom. The van der Waals surface area contributed by atoms with Gasteiger partial charge in [0.15, 0.2) is 0 Å². The lowest BCUT2D eigenvalue weighted by atomic mass is 10.2. The fraction of sp³-hybridized carbons (Fsp3) is 0.273. The van der Waals surface area contributed by atoms with Crippen LogP contribution in [0, 0.1) is 0 Å². The summed E-state index contributed by atoms with van der Waals surface area (Å²) in [6, 6.07) is 8.26. The molecule has 1 heterocycles. The normalized spacial score (nSPS) is 10.4. The first-order valence-corrected chi connectivity index (χ1v) is 5.92. The van der Waals surface area contributed by atoms with E-state index in [0.29, 0.717) is 11.8 Å². The summed E-state index contributed by atoms with van der Waals surface area (Å²) >= 11 is 3.38. The predicted octanol–water partition coefficient (Wildman–Crippen LogP) is 3.32. The maximum absolute atomic E-state index is 5.07. The first-order valence-electron chi connectivity index (χ1n) is 5.13. The first-order chi connectivity index (χ1) is 7.79. The zero-order chi connectivity index (χ0) is 11.4. The van der Waals surface area contributed by atoms with Crippen LogP contribution in [0.5, 0.6) is 0 Å². The van der Waals surface area contributed by atoms with Crippen LogP contribution in [0.15, 0.2) is 33.3 Å². The Morgan fingerprint density at radius 1 is 1.31 bits per heavy atom. The molecule has 1 aromatic heterocycles. The summed E-state index contributed by atoms with van der Waals surface area (Å²) in [5.74, 6) is 0.603. The fourth-order valence-electron chi connectivity index (χ4n) is 1.24. The van der Waals surface area contributed by atoms with Gasteiger partial charge in [-0.1, -0.05) is 28.0 Å². The molecule has 84 valence electrons. The molecule has 0 atom stereocenters. The van der Waals surface area contributed by atoms with Crippen LogP contribution >= 0.6 is 15.9 Å². The number of halogens is 1. The van der Waals surface area contributed by atoms with E-state index in [2.05, 4.69) is 38.3 Å². The van der Waals surface area contributed by atoms with E-state index in [1.165, 1.54) is 0 Å². The van der Waals surface area contributed by atoms with Crippen LogP contribution in [0.3, 0.4) is 0 Å². The van der Waals surface area contributed by atoms with Crippen molar-refractivity contribution in [3.05, 3.63) is 28.7 Å². The van der Waals surface area contributed by atoms with Crippen molar-refractivity contribution in [2.24, 2.45) is 0 Å². The van der Waals surface area contributed by atoms with Crippen molar-refractivity contribution in [2.45, 2.75) is 13.3 Å². The van der Waals surface area contributed by atoms with Gasteiger partial charge in [0.2, 0.25) is 5.82 Å². The van der Waals surface area contributed by atoms with Crippen LogP contribution in [-0.4, -0.2) is 16.7 Å². The second-order valence-corrected chi connectivity index (χ2v) is 4.27. The van der Waals surface area contributed by atoms with Gasteiger partial charge in [-0.25, -0.2) is 0 Å². The second-order valence-electron chi connectivity index (χ2n) is 3.36. The number of rotatable bonds is 4. The molecule has 0 spiro atoms. The third kappa shape index (κ3) is 2.61. The number of hydrogen-bond donors (Lipinski definition) is 1. The molecule has 0 radical (unpaired) electrons. The van der Waals surface area contributed by atoms with E-state index in [-0.39, 0.29) is 0 Å². The minimum absolute atomic E-state index is 0.472. The van der Waals surface area contributed by atoms with Gasteiger partial charge in [-0.05, 0) is 30.7 Å². The molecule has 1 N–H and O–H groups in total. The summed E-state index contributed by atoms with van der Waals surface area (Å²) in [7, 11) is 0. The van der Waals surface area contributed by atoms with Gasteiger partial charge in [-0.2, -0.15) is 4.98 Å². The van der Waals surface area contributed by atoms with Crippen molar-refractivity contribution in [3.63, 3.8) is 0 Å². The second kappa shape index (κ2) is 5.12. The average molecular weight is 282 g/mol. The molecule has 16 heavy (non-hydrogen) atoms. The lowest BCUT2D eigenvalue weighted by Crippen LogP contribution is -1.99. The van der Waals surface area contributed by atoms with E-state index in [4.69, 9.17) is 4.52 Å². The van der Waals surface area contributed by atoms with Crippen LogP contribution in [0.4, 0.5) is 6.01 Å². The molecule has 2 aromatic rings. The van der Waals surface area contributed by atoms with Gasteiger partial charge >= 0.3 is 6.01 Å². The lowest BCUT2D eigenvalue weighted by Gasteiger charge is -1.95. The Labute approximate surface area is 102 Å². The molecule has 1 aromatic carbocycles. The Kier molecular flexibility index (Phi) is 3.56. The van der Waals surface area contributed by atoms with Gasteiger partial charge in [0.25, 0.3) is 0 Å². The van der Waals surface area contributed by atoms with E-state index >= 15 is 0 Å². The highest BCUT2D eigenvalue weighted by atomic mass is 79.9. The van der Waals surface area contributed by atoms with Gasteiger partial charge in [-0.3, -0.25) is 0 Å². The summed E-state index contributed by atoms with van der Waals surface area (Å²) in [6.45, 7) is 2.92. The van der Waals surface area contributed by atoms with E-state index < -0.39 is 0 Å². The number of benzene rings is 1. The highest BCUT2D eigenvalue weighted by Crippen LogP contribution is 2.20. The van der Waals surface area contributed by atoms with Gasteiger partial charge in [0.05, 0.1) is 0 Å². The standard InChI is InChI=1S/C11H12BrN3O/c1-2-7-13-11-14-10(15-16-11)8-3-5-9(12)6-4-8/h3-6H,2,7H2,1H3,(H,13,14,15). The molecule has 2 rings (SSSR count). The molecular weight excluding hydrogens is 270 g/mol. The minimum Gasteiger partial charge on any atom is -0.338 e. The molecule has 0 amide bonds. The van der Waals surface area contributed by atoms with Crippen molar-refractivity contribution in [1.82, 2.24) is 10.1 Å². The summed E-state index contributed by atoms with van der Waals surface area (Å²) < 4.78 is 6.10. The van der Waals surface area contributed by atoms with Crippen LogP contribution in [0.1, 0.15) is 13.3 Å². The van der Waals surface area contributed by atoms with Crippen molar-refractivity contribution in [2.75, 3.05) is 11.9 Å². The summed E-state index contributed by atoms with van der Waals surface area (Å²) in [6.07, 6.45) is 1.02. The van der Waals surface area contributed by atoms with Gasteiger partial charge in [0, 0.05) is 16.6 Å². The maximum atomic E-state index is 5.07. The van der Waals surface area contributed by atoms with Crippen molar-refractivity contribution in [1.29, 1.82) is 0 Å². The quantitative estimate of drug-likeness (QED) is 0.934. The smallest absolute Gasteiger partial charge is 0.321 e. The molecule has 0 aliphatic rings. The number of nitrogens with zero attached hydrogens (tertiary/aromatic N) is 2. The van der Waals surface area contributed by atoms with Crippen molar-refractivity contribution in [3.8, 4) is 11.4 Å². The van der Waals surface area contributed by atoms with E-state index in [1.54, 1.807) is 0 Å². The van der Waals surface area contributed by atoms with Crippen molar-refractivity contribution >= 4 is 21.9 Å². The Bertz CT molecular complexity index is 453. The third-order valence-electron chi connectivity index (χ3n) is 2.05. The van der Waals surface area contributed by atoms with E-state index in [9.17, 15) is 0 Å². The first kappa shape index (κ1) is 11.1. The zero-order valence-corrected chi connectivity index (χ0v) is 10.5. The minimum atomic E-state index is 0.472. The van der Waals surface area contributed by atoms with Crippen LogP contribution in [0.2, 0.25) is 0 Å². The topological polar surface area (TPSA) is 51.0 Å². The van der Waals surface area contributed by atoms with Gasteiger partial charge in [0.1, 0.15) is 0 Å². The number of aromatic nitrogens is 2. The number of nitrogens with one attached hydrogen (secondary N) is 1. The van der Waals surface area contributed by atoms with Crippen molar-refractivity contribution < 1.29 is 4.52 Å². The molecule has 0 saturated heterocycles. The molecule has 0 aliphatic carbocycles. The lowest BCUT2D eigenvalue weighted by molar-refractivity contribution is 0.432.